The lowest BCUT2D eigenvalue weighted by Crippen LogP contribution is -2.08. The van der Waals surface area contributed by atoms with Crippen molar-refractivity contribution >= 4 is 52.1 Å². The molecule has 1 aromatic carbocycles. The molecule has 0 amide bonds. The van der Waals surface area contributed by atoms with E-state index < -0.39 is 0 Å². The van der Waals surface area contributed by atoms with Crippen LogP contribution in [0.15, 0.2) is 24.4 Å². The predicted molar refractivity (Wildman–Crippen MR) is 87.5 cm³/mol. The second kappa shape index (κ2) is 6.40. The summed E-state index contributed by atoms with van der Waals surface area (Å²) < 4.78 is 0. The number of anilines is 1. The molecule has 20 heavy (non-hydrogen) atoms. The molecule has 0 saturated heterocycles. The molecule has 6 heteroatoms. The predicted octanol–water partition coefficient (Wildman–Crippen LogP) is 6.18. The second-order valence-corrected chi connectivity index (χ2v) is 5.98. The molecule has 0 radical (unpaired) electrons. The monoisotopic (exact) mass is 348 g/mol. The van der Waals surface area contributed by atoms with Crippen molar-refractivity contribution in [2.45, 2.75) is 19.9 Å². The molecule has 106 valence electrons. The van der Waals surface area contributed by atoms with E-state index in [1.807, 2.05) is 26.0 Å². The van der Waals surface area contributed by atoms with Gasteiger partial charge in [0.2, 0.25) is 0 Å². The molecule has 1 atom stereocenters. The average molecular weight is 350 g/mol. The minimum Gasteiger partial charge on any atom is -0.377 e. The molecule has 0 saturated carbocycles. The lowest BCUT2D eigenvalue weighted by molar-refractivity contribution is 0.882. The van der Waals surface area contributed by atoms with Crippen LogP contribution in [0.3, 0.4) is 0 Å². The fraction of sp³-hybridized carbons (Fsp3) is 0.214. The van der Waals surface area contributed by atoms with Crippen LogP contribution in [0.5, 0.6) is 0 Å². The first-order chi connectivity index (χ1) is 9.40. The molecule has 1 heterocycles. The van der Waals surface area contributed by atoms with Gasteiger partial charge in [-0.15, -0.1) is 0 Å². The van der Waals surface area contributed by atoms with E-state index in [9.17, 15) is 0 Å². The number of benzene rings is 1. The molecular weight excluding hydrogens is 338 g/mol. The van der Waals surface area contributed by atoms with Crippen molar-refractivity contribution in [1.29, 1.82) is 0 Å². The number of pyridine rings is 1. The summed E-state index contributed by atoms with van der Waals surface area (Å²) in [5.74, 6) is 0. The van der Waals surface area contributed by atoms with Gasteiger partial charge in [0.05, 0.1) is 33.0 Å². The minimum absolute atomic E-state index is 0.0420. The van der Waals surface area contributed by atoms with Gasteiger partial charge in [-0.05, 0) is 37.1 Å². The van der Waals surface area contributed by atoms with Crippen molar-refractivity contribution in [3.63, 3.8) is 0 Å². The maximum atomic E-state index is 6.22. The molecule has 0 fully saturated rings. The van der Waals surface area contributed by atoms with Crippen LogP contribution in [-0.2, 0) is 0 Å². The Labute approximate surface area is 138 Å². The third-order valence-electron chi connectivity index (χ3n) is 2.93. The molecule has 2 aromatic rings. The summed E-state index contributed by atoms with van der Waals surface area (Å²) in [6.07, 6.45) is 1.68. The van der Waals surface area contributed by atoms with Crippen LogP contribution >= 0.6 is 46.4 Å². The Hall–Kier alpha value is -0.670. The molecular formula is C14H12Cl4N2. The van der Waals surface area contributed by atoms with E-state index in [4.69, 9.17) is 46.4 Å². The largest absolute Gasteiger partial charge is 0.377 e. The van der Waals surface area contributed by atoms with Crippen LogP contribution in [0.25, 0.3) is 0 Å². The smallest absolute Gasteiger partial charge is 0.132 e. The van der Waals surface area contributed by atoms with Gasteiger partial charge < -0.3 is 5.32 Å². The van der Waals surface area contributed by atoms with E-state index in [1.165, 1.54) is 0 Å². The number of rotatable bonds is 3. The third-order valence-corrected chi connectivity index (χ3v) is 4.63. The molecule has 1 aromatic heterocycles. The zero-order chi connectivity index (χ0) is 14.9. The maximum absolute atomic E-state index is 6.22. The van der Waals surface area contributed by atoms with Crippen LogP contribution in [0.2, 0.25) is 20.2 Å². The highest BCUT2D eigenvalue weighted by atomic mass is 35.5. The SMILES string of the molecule is Cc1cc(NC(C)c2ccc(Cl)c(Cl)c2Cl)cnc1Cl. The lowest BCUT2D eigenvalue weighted by Gasteiger charge is -2.18. The minimum atomic E-state index is -0.0420. The summed E-state index contributed by atoms with van der Waals surface area (Å²) in [6, 6.07) is 5.47. The number of aromatic nitrogens is 1. The molecule has 1 unspecified atom stereocenters. The Kier molecular flexibility index (Phi) is 5.03. The normalized spacial score (nSPS) is 12.3. The van der Waals surface area contributed by atoms with Gasteiger partial charge >= 0.3 is 0 Å². The third kappa shape index (κ3) is 3.32. The van der Waals surface area contributed by atoms with Gasteiger partial charge in [0.15, 0.2) is 0 Å². The Morgan fingerprint density at radius 1 is 1.10 bits per heavy atom. The Morgan fingerprint density at radius 2 is 1.80 bits per heavy atom. The molecule has 0 aliphatic rings. The summed E-state index contributed by atoms with van der Waals surface area (Å²) in [6.45, 7) is 3.88. The van der Waals surface area contributed by atoms with Gasteiger partial charge in [0.1, 0.15) is 5.15 Å². The summed E-state index contributed by atoms with van der Waals surface area (Å²) >= 11 is 24.1. The number of aryl methyl sites for hydroxylation is 1. The van der Waals surface area contributed by atoms with Gasteiger partial charge in [-0.25, -0.2) is 4.98 Å². The van der Waals surface area contributed by atoms with Crippen molar-refractivity contribution in [2.75, 3.05) is 5.32 Å². The quantitative estimate of drug-likeness (QED) is 0.528. The van der Waals surface area contributed by atoms with Crippen LogP contribution in [-0.4, -0.2) is 4.98 Å². The van der Waals surface area contributed by atoms with Crippen LogP contribution in [0.1, 0.15) is 24.1 Å². The maximum Gasteiger partial charge on any atom is 0.132 e. The fourth-order valence-electron chi connectivity index (χ4n) is 1.84. The highest BCUT2D eigenvalue weighted by Gasteiger charge is 2.14. The van der Waals surface area contributed by atoms with Gasteiger partial charge in [0.25, 0.3) is 0 Å². The standard InChI is InChI=1S/C14H12Cl4N2/c1-7-5-9(6-19-14(7)18)20-8(2)10-3-4-11(15)13(17)12(10)16/h3-6,8,20H,1-2H3. The zero-order valence-corrected chi connectivity index (χ0v) is 13.9. The number of halogens is 4. The van der Waals surface area contributed by atoms with E-state index in [2.05, 4.69) is 10.3 Å². The molecule has 2 rings (SSSR count). The zero-order valence-electron chi connectivity index (χ0n) is 10.8. The van der Waals surface area contributed by atoms with Crippen LogP contribution in [0.4, 0.5) is 5.69 Å². The van der Waals surface area contributed by atoms with Crippen molar-refractivity contribution < 1.29 is 0 Å². The van der Waals surface area contributed by atoms with Crippen molar-refractivity contribution in [1.82, 2.24) is 4.98 Å². The summed E-state index contributed by atoms with van der Waals surface area (Å²) in [5, 5.41) is 5.07. The Morgan fingerprint density at radius 3 is 2.45 bits per heavy atom. The molecule has 0 aliphatic carbocycles. The number of hydrogen-bond donors (Lipinski definition) is 1. The highest BCUT2D eigenvalue weighted by Crippen LogP contribution is 2.36. The highest BCUT2D eigenvalue weighted by molar-refractivity contribution is 6.48. The van der Waals surface area contributed by atoms with E-state index >= 15 is 0 Å². The molecule has 2 nitrogen and oxygen atoms in total. The van der Waals surface area contributed by atoms with Gasteiger partial charge in [0, 0.05) is 0 Å². The van der Waals surface area contributed by atoms with E-state index in [0.29, 0.717) is 20.2 Å². The first kappa shape index (κ1) is 15.7. The van der Waals surface area contributed by atoms with Crippen molar-refractivity contribution in [3.8, 4) is 0 Å². The fourth-order valence-corrected chi connectivity index (χ4v) is 2.65. The second-order valence-electron chi connectivity index (χ2n) is 4.46. The average Bonchev–Trinajstić information content (AvgIpc) is 2.40. The number of hydrogen-bond acceptors (Lipinski definition) is 2. The van der Waals surface area contributed by atoms with Gasteiger partial charge in [-0.2, -0.15) is 0 Å². The topological polar surface area (TPSA) is 24.9 Å². The van der Waals surface area contributed by atoms with Gasteiger partial charge in [-0.3, -0.25) is 0 Å². The van der Waals surface area contributed by atoms with Crippen molar-refractivity contribution in [2.24, 2.45) is 0 Å². The van der Waals surface area contributed by atoms with E-state index in [0.717, 1.165) is 16.8 Å². The molecule has 0 bridgehead atoms. The van der Waals surface area contributed by atoms with E-state index in [1.54, 1.807) is 12.3 Å². The molecule has 0 spiro atoms. The Bertz CT molecular complexity index is 643. The number of nitrogens with zero attached hydrogens (tertiary/aromatic N) is 1. The first-order valence-corrected chi connectivity index (χ1v) is 7.43. The Balaban J connectivity index is 2.26. The first-order valence-electron chi connectivity index (χ1n) is 5.92. The summed E-state index contributed by atoms with van der Waals surface area (Å²) in [4.78, 5) is 4.10. The van der Waals surface area contributed by atoms with E-state index in [-0.39, 0.29) is 6.04 Å². The summed E-state index contributed by atoms with van der Waals surface area (Å²) in [7, 11) is 0. The van der Waals surface area contributed by atoms with Crippen molar-refractivity contribution in [3.05, 3.63) is 55.7 Å². The van der Waals surface area contributed by atoms with Gasteiger partial charge in [-0.1, -0.05) is 52.5 Å². The van der Waals surface area contributed by atoms with Crippen LogP contribution in [0, 0.1) is 6.92 Å². The number of nitrogens with one attached hydrogen (secondary N) is 1. The lowest BCUT2D eigenvalue weighted by atomic mass is 10.1. The molecule has 0 aliphatic heterocycles. The summed E-state index contributed by atoms with van der Waals surface area (Å²) in [5.41, 5.74) is 2.64. The van der Waals surface area contributed by atoms with Crippen LogP contribution < -0.4 is 5.32 Å². The molecule has 1 N–H and O–H groups in total.